The van der Waals surface area contributed by atoms with Crippen molar-refractivity contribution in [1.82, 2.24) is 4.98 Å². The molecule has 1 aliphatic heterocycles. The molecule has 0 bridgehead atoms. The number of aromatic nitrogens is 1. The van der Waals surface area contributed by atoms with Crippen molar-refractivity contribution >= 4 is 17.4 Å². The number of halogens is 1. The largest absolute Gasteiger partial charge is 0.352 e. The zero-order valence-corrected chi connectivity index (χ0v) is 9.87. The summed E-state index contributed by atoms with van der Waals surface area (Å²) in [6, 6.07) is 4.56. The van der Waals surface area contributed by atoms with Crippen molar-refractivity contribution in [1.29, 1.82) is 0 Å². The van der Waals surface area contributed by atoms with Crippen molar-refractivity contribution in [3.8, 4) is 0 Å². The van der Waals surface area contributed by atoms with Crippen LogP contribution in [0.3, 0.4) is 0 Å². The van der Waals surface area contributed by atoms with E-state index in [0.717, 1.165) is 12.4 Å². The van der Waals surface area contributed by atoms with E-state index in [1.807, 2.05) is 12.3 Å². The molecule has 0 radical (unpaired) electrons. The summed E-state index contributed by atoms with van der Waals surface area (Å²) in [5.74, 6) is 1.82. The van der Waals surface area contributed by atoms with Crippen molar-refractivity contribution in [2.24, 2.45) is 0 Å². The third kappa shape index (κ3) is 2.25. The molecule has 1 aromatic rings. The zero-order chi connectivity index (χ0) is 10.7. The molecule has 2 heterocycles. The van der Waals surface area contributed by atoms with Gasteiger partial charge in [-0.3, -0.25) is 0 Å². The van der Waals surface area contributed by atoms with Gasteiger partial charge in [0, 0.05) is 24.7 Å². The first kappa shape index (κ1) is 10.7. The van der Waals surface area contributed by atoms with E-state index in [9.17, 15) is 0 Å². The lowest BCUT2D eigenvalue weighted by atomic mass is 10.0. The number of piperidine rings is 1. The Balaban J connectivity index is 2.24. The molecule has 1 aliphatic rings. The van der Waals surface area contributed by atoms with E-state index in [1.165, 1.54) is 24.8 Å². The highest BCUT2D eigenvalue weighted by Gasteiger charge is 2.23. The zero-order valence-electron chi connectivity index (χ0n) is 9.12. The lowest BCUT2D eigenvalue weighted by molar-refractivity contribution is 0.484. The Kier molecular flexibility index (Phi) is 3.47. The van der Waals surface area contributed by atoms with E-state index < -0.39 is 0 Å². The van der Waals surface area contributed by atoms with E-state index in [0.29, 0.717) is 11.9 Å². The SMILES string of the molecule is Cc1cccnc1N1CCCCC1CCl. The summed E-state index contributed by atoms with van der Waals surface area (Å²) in [7, 11) is 0. The molecule has 1 aromatic heterocycles. The Labute approximate surface area is 96.3 Å². The highest BCUT2D eigenvalue weighted by molar-refractivity contribution is 6.18. The topological polar surface area (TPSA) is 16.1 Å². The monoisotopic (exact) mass is 224 g/mol. The summed E-state index contributed by atoms with van der Waals surface area (Å²) < 4.78 is 0. The summed E-state index contributed by atoms with van der Waals surface area (Å²) in [6.45, 7) is 3.21. The third-order valence-corrected chi connectivity index (χ3v) is 3.42. The van der Waals surface area contributed by atoms with E-state index in [-0.39, 0.29) is 0 Å². The maximum Gasteiger partial charge on any atom is 0.131 e. The van der Waals surface area contributed by atoms with E-state index in [2.05, 4.69) is 22.9 Å². The van der Waals surface area contributed by atoms with Gasteiger partial charge in [0.2, 0.25) is 0 Å². The van der Waals surface area contributed by atoms with Gasteiger partial charge in [0.1, 0.15) is 5.82 Å². The fourth-order valence-electron chi connectivity index (χ4n) is 2.22. The summed E-state index contributed by atoms with van der Waals surface area (Å²) in [4.78, 5) is 6.83. The number of hydrogen-bond donors (Lipinski definition) is 0. The molecular formula is C12H17ClN2. The van der Waals surface area contributed by atoms with Crippen LogP contribution in [0, 0.1) is 6.92 Å². The molecule has 0 N–H and O–H groups in total. The Morgan fingerprint density at radius 3 is 3.13 bits per heavy atom. The number of anilines is 1. The number of pyridine rings is 1. The van der Waals surface area contributed by atoms with Crippen LogP contribution < -0.4 is 4.90 Å². The molecule has 1 fully saturated rings. The van der Waals surface area contributed by atoms with Crippen molar-refractivity contribution in [3.63, 3.8) is 0 Å². The summed E-state index contributed by atoms with van der Waals surface area (Å²) >= 11 is 6.01. The van der Waals surface area contributed by atoms with Gasteiger partial charge in [-0.05, 0) is 37.8 Å². The summed E-state index contributed by atoms with van der Waals surface area (Å²) in [5.41, 5.74) is 1.24. The van der Waals surface area contributed by atoms with Gasteiger partial charge in [0.15, 0.2) is 0 Å². The molecule has 2 nitrogen and oxygen atoms in total. The van der Waals surface area contributed by atoms with E-state index >= 15 is 0 Å². The Bertz CT molecular complexity index is 327. The van der Waals surface area contributed by atoms with Crippen LogP contribution in [0.2, 0.25) is 0 Å². The van der Waals surface area contributed by atoms with Crippen molar-refractivity contribution in [2.45, 2.75) is 32.2 Å². The fourth-order valence-corrected chi connectivity index (χ4v) is 2.54. The van der Waals surface area contributed by atoms with E-state index in [4.69, 9.17) is 11.6 Å². The van der Waals surface area contributed by atoms with Gasteiger partial charge in [-0.1, -0.05) is 6.07 Å². The first-order chi connectivity index (χ1) is 7.33. The van der Waals surface area contributed by atoms with Gasteiger partial charge in [-0.15, -0.1) is 11.6 Å². The van der Waals surface area contributed by atoms with Gasteiger partial charge < -0.3 is 4.90 Å². The lowest BCUT2D eigenvalue weighted by Crippen LogP contribution is -2.41. The fraction of sp³-hybridized carbons (Fsp3) is 0.583. The number of rotatable bonds is 2. The quantitative estimate of drug-likeness (QED) is 0.718. The highest BCUT2D eigenvalue weighted by atomic mass is 35.5. The van der Waals surface area contributed by atoms with Crippen molar-refractivity contribution in [2.75, 3.05) is 17.3 Å². The van der Waals surface area contributed by atoms with Crippen molar-refractivity contribution in [3.05, 3.63) is 23.9 Å². The number of alkyl halides is 1. The minimum absolute atomic E-state index is 0.467. The summed E-state index contributed by atoms with van der Waals surface area (Å²) in [5, 5.41) is 0. The predicted molar refractivity (Wildman–Crippen MR) is 64.7 cm³/mol. The molecule has 1 saturated heterocycles. The van der Waals surface area contributed by atoms with Crippen LogP contribution in [-0.2, 0) is 0 Å². The van der Waals surface area contributed by atoms with Crippen molar-refractivity contribution < 1.29 is 0 Å². The molecular weight excluding hydrogens is 208 g/mol. The first-order valence-corrected chi connectivity index (χ1v) is 6.10. The van der Waals surface area contributed by atoms with Crippen LogP contribution in [0.5, 0.6) is 0 Å². The van der Waals surface area contributed by atoms with Gasteiger partial charge in [0.05, 0.1) is 0 Å². The smallest absolute Gasteiger partial charge is 0.131 e. The number of nitrogens with zero attached hydrogens (tertiary/aromatic N) is 2. The number of aryl methyl sites for hydroxylation is 1. The van der Waals surface area contributed by atoms with Crippen LogP contribution in [0.4, 0.5) is 5.82 Å². The molecule has 15 heavy (non-hydrogen) atoms. The second kappa shape index (κ2) is 4.84. The predicted octanol–water partition coefficient (Wildman–Crippen LogP) is 2.99. The maximum atomic E-state index is 6.01. The highest BCUT2D eigenvalue weighted by Crippen LogP contribution is 2.25. The average molecular weight is 225 g/mol. The second-order valence-corrected chi connectivity index (χ2v) is 4.45. The molecule has 0 aliphatic carbocycles. The normalized spacial score (nSPS) is 21.7. The van der Waals surface area contributed by atoms with Gasteiger partial charge >= 0.3 is 0 Å². The van der Waals surface area contributed by atoms with Gasteiger partial charge in [-0.2, -0.15) is 0 Å². The minimum atomic E-state index is 0.467. The standard InChI is InChI=1S/C12H17ClN2/c1-10-5-4-7-14-12(10)15-8-3-2-6-11(15)9-13/h4-5,7,11H,2-3,6,8-9H2,1H3. The minimum Gasteiger partial charge on any atom is -0.352 e. The number of hydrogen-bond acceptors (Lipinski definition) is 2. The molecule has 0 aromatic carbocycles. The molecule has 0 saturated carbocycles. The Morgan fingerprint density at radius 1 is 1.53 bits per heavy atom. The van der Waals surface area contributed by atoms with Crippen LogP contribution >= 0.6 is 11.6 Å². The van der Waals surface area contributed by atoms with Crippen LogP contribution in [0.15, 0.2) is 18.3 Å². The Morgan fingerprint density at radius 2 is 2.40 bits per heavy atom. The lowest BCUT2D eigenvalue weighted by Gasteiger charge is -2.36. The average Bonchev–Trinajstić information content (AvgIpc) is 2.30. The molecule has 82 valence electrons. The molecule has 1 atom stereocenters. The van der Waals surface area contributed by atoms with Gasteiger partial charge in [-0.25, -0.2) is 4.98 Å². The first-order valence-electron chi connectivity index (χ1n) is 5.57. The van der Waals surface area contributed by atoms with Crippen LogP contribution in [0.25, 0.3) is 0 Å². The molecule has 0 amide bonds. The van der Waals surface area contributed by atoms with Gasteiger partial charge in [0.25, 0.3) is 0 Å². The molecule has 2 rings (SSSR count). The molecule has 1 unspecified atom stereocenters. The van der Waals surface area contributed by atoms with E-state index in [1.54, 1.807) is 0 Å². The Hall–Kier alpha value is -0.760. The maximum absolute atomic E-state index is 6.01. The second-order valence-electron chi connectivity index (χ2n) is 4.14. The van der Waals surface area contributed by atoms with Crippen LogP contribution in [-0.4, -0.2) is 23.5 Å². The third-order valence-electron chi connectivity index (χ3n) is 3.06. The van der Waals surface area contributed by atoms with Crippen LogP contribution in [0.1, 0.15) is 24.8 Å². The molecule has 3 heteroatoms. The summed E-state index contributed by atoms with van der Waals surface area (Å²) in [6.07, 6.45) is 5.60. The molecule has 0 spiro atoms.